The van der Waals surface area contributed by atoms with E-state index in [1.807, 2.05) is 0 Å². The molecule has 41 heavy (non-hydrogen) atoms. The van der Waals surface area contributed by atoms with Crippen LogP contribution in [0.2, 0.25) is 0 Å². The number of imidazole rings is 1. The zero-order valence-electron chi connectivity index (χ0n) is 22.5. The second-order valence-corrected chi connectivity index (χ2v) is 11.0. The van der Waals surface area contributed by atoms with Gasteiger partial charge in [0.05, 0.1) is 16.6 Å². The molecular formula is C39H26N2. The Morgan fingerprint density at radius 1 is 0.512 bits per heavy atom. The topological polar surface area (TPSA) is 17.3 Å². The molecule has 0 amide bonds. The van der Waals surface area contributed by atoms with Crippen molar-refractivity contribution >= 4 is 65.5 Å². The highest BCUT2D eigenvalue weighted by Crippen LogP contribution is 2.43. The monoisotopic (exact) mass is 522 g/mol. The fourth-order valence-electron chi connectivity index (χ4n) is 7.01. The van der Waals surface area contributed by atoms with E-state index in [0.717, 1.165) is 29.5 Å². The summed E-state index contributed by atoms with van der Waals surface area (Å²) in [6.45, 7) is 0. The van der Waals surface area contributed by atoms with Crippen LogP contribution in [0, 0.1) is 0 Å². The number of pyridine rings is 1. The van der Waals surface area contributed by atoms with Crippen molar-refractivity contribution in [3.8, 4) is 11.1 Å². The Hall–Kier alpha value is -5.21. The van der Waals surface area contributed by atoms with Crippen molar-refractivity contribution in [2.45, 2.75) is 12.8 Å². The van der Waals surface area contributed by atoms with Crippen molar-refractivity contribution in [2.24, 2.45) is 0 Å². The van der Waals surface area contributed by atoms with Crippen molar-refractivity contribution in [3.05, 3.63) is 139 Å². The van der Waals surface area contributed by atoms with E-state index in [0.29, 0.717) is 0 Å². The highest BCUT2D eigenvalue weighted by Gasteiger charge is 2.19. The zero-order valence-corrected chi connectivity index (χ0v) is 22.5. The Kier molecular flexibility index (Phi) is 4.76. The molecule has 2 aromatic heterocycles. The van der Waals surface area contributed by atoms with Gasteiger partial charge in [-0.05, 0) is 80.2 Å². The number of aromatic nitrogens is 2. The molecule has 0 fully saturated rings. The summed E-state index contributed by atoms with van der Waals surface area (Å²) in [5, 5.41) is 8.83. The van der Waals surface area contributed by atoms with Gasteiger partial charge in [-0.3, -0.25) is 4.40 Å². The molecule has 9 rings (SSSR count). The average Bonchev–Trinajstić information content (AvgIpc) is 3.43. The predicted molar refractivity (Wildman–Crippen MR) is 175 cm³/mol. The maximum Gasteiger partial charge on any atom is 0.146 e. The highest BCUT2D eigenvalue weighted by molar-refractivity contribution is 6.20. The first kappa shape index (κ1) is 22.6. The van der Waals surface area contributed by atoms with Gasteiger partial charge in [0.2, 0.25) is 0 Å². The van der Waals surface area contributed by atoms with E-state index in [9.17, 15) is 0 Å². The first-order chi connectivity index (χ1) is 20.4. The van der Waals surface area contributed by atoms with Gasteiger partial charge in [0, 0.05) is 10.8 Å². The number of hydrogen-bond donors (Lipinski definition) is 0. The van der Waals surface area contributed by atoms with Crippen LogP contribution < -0.4 is 0 Å². The van der Waals surface area contributed by atoms with Crippen LogP contribution in [0.1, 0.15) is 18.4 Å². The van der Waals surface area contributed by atoms with Gasteiger partial charge in [-0.1, -0.05) is 115 Å². The first-order valence-electron chi connectivity index (χ1n) is 14.4. The number of hydrogen-bond acceptors (Lipinski definition) is 1. The molecular weight excluding hydrogens is 496 g/mol. The largest absolute Gasteiger partial charge is 0.292 e. The van der Waals surface area contributed by atoms with Gasteiger partial charge in [0.1, 0.15) is 5.65 Å². The Labute approximate surface area is 237 Å². The summed E-state index contributed by atoms with van der Waals surface area (Å²) in [4.78, 5) is 5.18. The minimum atomic E-state index is 1.01. The summed E-state index contributed by atoms with van der Waals surface area (Å²) in [5.74, 6) is 0. The Morgan fingerprint density at radius 3 is 1.80 bits per heavy atom. The smallest absolute Gasteiger partial charge is 0.146 e. The number of fused-ring (bicyclic) bond motifs is 10. The molecule has 0 saturated heterocycles. The van der Waals surface area contributed by atoms with Gasteiger partial charge in [0.25, 0.3) is 0 Å². The summed E-state index contributed by atoms with van der Waals surface area (Å²) >= 11 is 0. The molecule has 2 nitrogen and oxygen atoms in total. The van der Waals surface area contributed by atoms with Crippen LogP contribution in [-0.2, 0) is 0 Å². The minimum Gasteiger partial charge on any atom is -0.292 e. The fourth-order valence-corrected chi connectivity index (χ4v) is 7.01. The molecule has 0 aliphatic heterocycles. The lowest BCUT2D eigenvalue weighted by Gasteiger charge is -2.19. The lowest BCUT2D eigenvalue weighted by molar-refractivity contribution is 1.04. The molecule has 0 N–H and O–H groups in total. The molecule has 2 heteroatoms. The van der Waals surface area contributed by atoms with E-state index >= 15 is 0 Å². The van der Waals surface area contributed by atoms with E-state index < -0.39 is 0 Å². The zero-order chi connectivity index (χ0) is 26.9. The quantitative estimate of drug-likeness (QED) is 0.163. The molecule has 1 aliphatic carbocycles. The number of nitrogens with zero attached hydrogens (tertiary/aromatic N) is 2. The SMILES string of the molecule is C1=CC(c2c3ccccc3c(-c3ccc4nc5c6ccccc6c6ccccc6n5c4c3)c3ccccc23)=CCC1. The van der Waals surface area contributed by atoms with Gasteiger partial charge >= 0.3 is 0 Å². The van der Waals surface area contributed by atoms with E-state index in [1.54, 1.807) is 0 Å². The summed E-state index contributed by atoms with van der Waals surface area (Å²) in [6.07, 6.45) is 9.20. The molecule has 1 aliphatic rings. The van der Waals surface area contributed by atoms with E-state index in [1.165, 1.54) is 65.5 Å². The summed E-state index contributed by atoms with van der Waals surface area (Å²) in [5.41, 5.74) is 9.49. The molecule has 0 spiro atoms. The maximum atomic E-state index is 5.18. The number of rotatable bonds is 2. The molecule has 2 heterocycles. The normalized spacial score (nSPS) is 13.7. The molecule has 0 unspecified atom stereocenters. The third-order valence-corrected chi connectivity index (χ3v) is 8.76. The molecule has 6 aromatic carbocycles. The Morgan fingerprint density at radius 2 is 1.12 bits per heavy atom. The van der Waals surface area contributed by atoms with Crippen LogP contribution in [0.4, 0.5) is 0 Å². The molecule has 0 radical (unpaired) electrons. The van der Waals surface area contributed by atoms with Crippen LogP contribution >= 0.6 is 0 Å². The maximum absolute atomic E-state index is 5.18. The van der Waals surface area contributed by atoms with E-state index in [4.69, 9.17) is 4.98 Å². The fraction of sp³-hybridized carbons (Fsp3) is 0.0513. The van der Waals surface area contributed by atoms with Crippen molar-refractivity contribution in [1.82, 2.24) is 9.38 Å². The van der Waals surface area contributed by atoms with Crippen molar-refractivity contribution in [3.63, 3.8) is 0 Å². The van der Waals surface area contributed by atoms with Gasteiger partial charge in [0.15, 0.2) is 0 Å². The standard InChI is InChI=1S/C39H26N2/c1-2-12-25(13-3-1)37-29-16-5-7-18-31(29)38(32-19-8-6-17-30(32)37)26-22-23-34-36(24-26)41-35-21-11-10-15-28(35)27-14-4-9-20-33(27)39(41)40-34/h2,4-24H,1,3H2. The lowest BCUT2D eigenvalue weighted by atomic mass is 9.84. The molecule has 0 bridgehead atoms. The highest BCUT2D eigenvalue weighted by atomic mass is 15.0. The Bertz CT molecular complexity index is 2360. The van der Waals surface area contributed by atoms with Crippen molar-refractivity contribution in [2.75, 3.05) is 0 Å². The van der Waals surface area contributed by atoms with E-state index in [2.05, 4.69) is 138 Å². The minimum absolute atomic E-state index is 1.01. The number of benzene rings is 6. The summed E-state index contributed by atoms with van der Waals surface area (Å²) in [6, 6.07) is 42.0. The third-order valence-electron chi connectivity index (χ3n) is 8.76. The van der Waals surface area contributed by atoms with Crippen molar-refractivity contribution < 1.29 is 0 Å². The van der Waals surface area contributed by atoms with Gasteiger partial charge in [-0.15, -0.1) is 0 Å². The van der Waals surface area contributed by atoms with Gasteiger partial charge in [-0.2, -0.15) is 0 Å². The molecule has 192 valence electrons. The summed E-state index contributed by atoms with van der Waals surface area (Å²) in [7, 11) is 0. The van der Waals surface area contributed by atoms with Crippen LogP contribution in [-0.4, -0.2) is 9.38 Å². The molecule has 0 atom stereocenters. The van der Waals surface area contributed by atoms with Gasteiger partial charge in [-0.25, -0.2) is 4.98 Å². The van der Waals surface area contributed by atoms with Crippen LogP contribution in [0.3, 0.4) is 0 Å². The second-order valence-electron chi connectivity index (χ2n) is 11.0. The van der Waals surface area contributed by atoms with Crippen molar-refractivity contribution in [1.29, 1.82) is 0 Å². The van der Waals surface area contributed by atoms with Crippen LogP contribution in [0.5, 0.6) is 0 Å². The second kappa shape index (κ2) is 8.64. The lowest BCUT2D eigenvalue weighted by Crippen LogP contribution is -1.94. The molecule has 8 aromatic rings. The van der Waals surface area contributed by atoms with Crippen LogP contribution in [0.15, 0.2) is 133 Å². The molecule has 0 saturated carbocycles. The van der Waals surface area contributed by atoms with E-state index in [-0.39, 0.29) is 0 Å². The third kappa shape index (κ3) is 3.22. The Balaban J connectivity index is 1.42. The predicted octanol–water partition coefficient (Wildman–Crippen LogP) is 10.5. The average molecular weight is 523 g/mol. The van der Waals surface area contributed by atoms with Crippen LogP contribution in [0.25, 0.3) is 76.6 Å². The summed E-state index contributed by atoms with van der Waals surface area (Å²) < 4.78 is 2.35. The first-order valence-corrected chi connectivity index (χ1v) is 14.4. The van der Waals surface area contributed by atoms with Gasteiger partial charge < -0.3 is 0 Å². The number of para-hydroxylation sites is 1. The number of allylic oxidation sites excluding steroid dienone is 4.